The van der Waals surface area contributed by atoms with Crippen LogP contribution in [0, 0.1) is 6.92 Å². The number of para-hydroxylation sites is 1. The molecule has 2 aromatic carbocycles. The van der Waals surface area contributed by atoms with Crippen molar-refractivity contribution in [1.82, 2.24) is 25.5 Å². The van der Waals surface area contributed by atoms with Crippen molar-refractivity contribution in [3.05, 3.63) is 65.5 Å². The van der Waals surface area contributed by atoms with Gasteiger partial charge >= 0.3 is 0 Å². The van der Waals surface area contributed by atoms with Gasteiger partial charge in [-0.05, 0) is 61.0 Å². The molecule has 8 heteroatoms. The lowest BCUT2D eigenvalue weighted by atomic mass is 10.1. The smallest absolute Gasteiger partial charge is 0.257 e. The van der Waals surface area contributed by atoms with Crippen LogP contribution < -0.4 is 10.6 Å². The van der Waals surface area contributed by atoms with E-state index in [1.807, 2.05) is 20.8 Å². The first-order valence-corrected chi connectivity index (χ1v) is 8.51. The zero-order valence-corrected chi connectivity index (χ0v) is 15.3. The van der Waals surface area contributed by atoms with Gasteiger partial charge in [0.05, 0.1) is 11.3 Å². The Kier molecular flexibility index (Phi) is 5.25. The minimum atomic E-state index is -0.319. The van der Waals surface area contributed by atoms with Gasteiger partial charge in [0.25, 0.3) is 11.8 Å². The van der Waals surface area contributed by atoms with Crippen LogP contribution in [-0.4, -0.2) is 38.1 Å². The van der Waals surface area contributed by atoms with Crippen LogP contribution in [0.15, 0.2) is 48.8 Å². The first kappa shape index (κ1) is 18.2. The van der Waals surface area contributed by atoms with E-state index in [9.17, 15) is 9.59 Å². The van der Waals surface area contributed by atoms with Gasteiger partial charge in [0.15, 0.2) is 0 Å². The maximum absolute atomic E-state index is 12.8. The van der Waals surface area contributed by atoms with Crippen LogP contribution in [-0.2, 0) is 0 Å². The molecule has 0 saturated heterocycles. The lowest BCUT2D eigenvalue weighted by Gasteiger charge is -2.13. The first-order valence-electron chi connectivity index (χ1n) is 8.51. The van der Waals surface area contributed by atoms with E-state index in [0.717, 1.165) is 5.56 Å². The second kappa shape index (κ2) is 7.77. The molecule has 2 N–H and O–H groups in total. The van der Waals surface area contributed by atoms with Gasteiger partial charge in [0, 0.05) is 17.3 Å². The SMILES string of the molecule is Cc1ccc(NC(=O)c2ccccc2-n2cnnn2)cc1C(=O)NC(C)C. The minimum Gasteiger partial charge on any atom is -0.350 e. The molecule has 1 heterocycles. The molecule has 1 aromatic heterocycles. The molecule has 0 spiro atoms. The highest BCUT2D eigenvalue weighted by Gasteiger charge is 2.15. The normalized spacial score (nSPS) is 10.7. The number of hydrogen-bond acceptors (Lipinski definition) is 5. The van der Waals surface area contributed by atoms with Crippen LogP contribution in [0.5, 0.6) is 0 Å². The van der Waals surface area contributed by atoms with E-state index in [2.05, 4.69) is 26.2 Å². The summed E-state index contributed by atoms with van der Waals surface area (Å²) in [6.45, 7) is 5.65. The number of aryl methyl sites for hydroxylation is 1. The van der Waals surface area contributed by atoms with E-state index in [-0.39, 0.29) is 17.9 Å². The molecular weight excluding hydrogens is 344 g/mol. The number of carbonyl (C=O) groups excluding carboxylic acids is 2. The maximum Gasteiger partial charge on any atom is 0.257 e. The van der Waals surface area contributed by atoms with Crippen LogP contribution in [0.1, 0.15) is 40.1 Å². The molecule has 0 aliphatic heterocycles. The number of carbonyl (C=O) groups is 2. The van der Waals surface area contributed by atoms with E-state index in [0.29, 0.717) is 22.5 Å². The minimum absolute atomic E-state index is 0.0262. The molecule has 0 unspecified atom stereocenters. The number of aromatic nitrogens is 4. The van der Waals surface area contributed by atoms with Crippen molar-refractivity contribution in [3.63, 3.8) is 0 Å². The number of rotatable bonds is 5. The summed E-state index contributed by atoms with van der Waals surface area (Å²) in [6.07, 6.45) is 1.42. The standard InChI is InChI=1S/C19H20N6O2/c1-12(2)21-19(27)16-10-14(9-8-13(16)3)22-18(26)15-6-4-5-7-17(15)25-11-20-23-24-25/h4-12H,1-3H3,(H,21,27)(H,22,26). The summed E-state index contributed by atoms with van der Waals surface area (Å²) in [5.41, 5.74) is 2.87. The molecule has 0 fully saturated rings. The fourth-order valence-electron chi connectivity index (χ4n) is 2.62. The summed E-state index contributed by atoms with van der Waals surface area (Å²) in [4.78, 5) is 25.1. The zero-order valence-electron chi connectivity index (χ0n) is 15.3. The Morgan fingerprint density at radius 2 is 1.81 bits per heavy atom. The monoisotopic (exact) mass is 364 g/mol. The lowest BCUT2D eigenvalue weighted by molar-refractivity contribution is 0.0941. The summed E-state index contributed by atoms with van der Waals surface area (Å²) in [5, 5.41) is 16.7. The molecule has 27 heavy (non-hydrogen) atoms. The van der Waals surface area contributed by atoms with Gasteiger partial charge in [-0.15, -0.1) is 5.10 Å². The second-order valence-corrected chi connectivity index (χ2v) is 6.38. The number of benzene rings is 2. The summed E-state index contributed by atoms with van der Waals surface area (Å²) in [6, 6.07) is 12.3. The van der Waals surface area contributed by atoms with Crippen LogP contribution in [0.2, 0.25) is 0 Å². The number of amides is 2. The molecular formula is C19H20N6O2. The van der Waals surface area contributed by atoms with Crippen molar-refractivity contribution < 1.29 is 9.59 Å². The average molecular weight is 364 g/mol. The van der Waals surface area contributed by atoms with Crippen LogP contribution in [0.4, 0.5) is 5.69 Å². The topological polar surface area (TPSA) is 102 Å². The second-order valence-electron chi connectivity index (χ2n) is 6.38. The van der Waals surface area contributed by atoms with E-state index in [1.54, 1.807) is 42.5 Å². The molecule has 8 nitrogen and oxygen atoms in total. The molecule has 0 radical (unpaired) electrons. The van der Waals surface area contributed by atoms with Crippen molar-refractivity contribution in [2.24, 2.45) is 0 Å². The van der Waals surface area contributed by atoms with Crippen molar-refractivity contribution in [2.45, 2.75) is 26.8 Å². The Balaban J connectivity index is 1.86. The Bertz CT molecular complexity index is 966. The number of nitrogens with zero attached hydrogens (tertiary/aromatic N) is 4. The van der Waals surface area contributed by atoms with Crippen molar-refractivity contribution in [1.29, 1.82) is 0 Å². The number of nitrogens with one attached hydrogen (secondary N) is 2. The van der Waals surface area contributed by atoms with E-state index in [4.69, 9.17) is 0 Å². The quantitative estimate of drug-likeness (QED) is 0.724. The summed E-state index contributed by atoms with van der Waals surface area (Å²) in [5.74, 6) is -0.493. The molecule has 0 atom stereocenters. The number of anilines is 1. The van der Waals surface area contributed by atoms with E-state index < -0.39 is 0 Å². The third-order valence-electron chi connectivity index (χ3n) is 3.90. The van der Waals surface area contributed by atoms with Crippen molar-refractivity contribution in [3.8, 4) is 5.69 Å². The predicted octanol–water partition coefficient (Wildman–Crippen LogP) is 2.36. The van der Waals surface area contributed by atoms with Gasteiger partial charge in [0.1, 0.15) is 6.33 Å². The van der Waals surface area contributed by atoms with Gasteiger partial charge < -0.3 is 10.6 Å². The van der Waals surface area contributed by atoms with Gasteiger partial charge in [-0.25, -0.2) is 0 Å². The average Bonchev–Trinajstić information content (AvgIpc) is 3.17. The molecule has 2 amide bonds. The largest absolute Gasteiger partial charge is 0.350 e. The van der Waals surface area contributed by atoms with Crippen LogP contribution in [0.25, 0.3) is 5.69 Å². The molecule has 3 rings (SSSR count). The highest BCUT2D eigenvalue weighted by Crippen LogP contribution is 2.19. The predicted molar refractivity (Wildman–Crippen MR) is 101 cm³/mol. The molecule has 138 valence electrons. The third kappa shape index (κ3) is 4.17. The van der Waals surface area contributed by atoms with Crippen LogP contribution in [0.3, 0.4) is 0 Å². The maximum atomic E-state index is 12.8. The van der Waals surface area contributed by atoms with Gasteiger partial charge in [0.2, 0.25) is 0 Å². The summed E-state index contributed by atoms with van der Waals surface area (Å²) in [7, 11) is 0. The molecule has 0 bridgehead atoms. The number of tetrazole rings is 1. The highest BCUT2D eigenvalue weighted by atomic mass is 16.2. The Morgan fingerprint density at radius 1 is 1.04 bits per heavy atom. The molecule has 0 aliphatic carbocycles. The van der Waals surface area contributed by atoms with Gasteiger partial charge in [-0.2, -0.15) is 4.68 Å². The Labute approximate surface area is 156 Å². The first-order chi connectivity index (χ1) is 13.0. The summed E-state index contributed by atoms with van der Waals surface area (Å²) < 4.78 is 1.42. The van der Waals surface area contributed by atoms with Crippen molar-refractivity contribution >= 4 is 17.5 Å². The highest BCUT2D eigenvalue weighted by molar-refractivity contribution is 6.07. The van der Waals surface area contributed by atoms with Gasteiger partial charge in [-0.3, -0.25) is 9.59 Å². The Hall–Kier alpha value is -3.55. The van der Waals surface area contributed by atoms with Gasteiger partial charge in [-0.1, -0.05) is 18.2 Å². The van der Waals surface area contributed by atoms with Crippen LogP contribution >= 0.6 is 0 Å². The fraction of sp³-hybridized carbons (Fsp3) is 0.211. The number of hydrogen-bond donors (Lipinski definition) is 2. The lowest BCUT2D eigenvalue weighted by Crippen LogP contribution is -2.30. The summed E-state index contributed by atoms with van der Waals surface area (Å²) >= 11 is 0. The Morgan fingerprint density at radius 3 is 2.52 bits per heavy atom. The molecule has 0 saturated carbocycles. The fourth-order valence-corrected chi connectivity index (χ4v) is 2.62. The molecule has 0 aliphatic rings. The van der Waals surface area contributed by atoms with E-state index in [1.165, 1.54) is 11.0 Å². The zero-order chi connectivity index (χ0) is 19.4. The third-order valence-corrected chi connectivity index (χ3v) is 3.90. The van der Waals surface area contributed by atoms with Crippen molar-refractivity contribution in [2.75, 3.05) is 5.32 Å². The van der Waals surface area contributed by atoms with E-state index >= 15 is 0 Å². The molecule has 3 aromatic rings.